The number of ether oxygens (including phenoxy) is 1. The highest BCUT2D eigenvalue weighted by molar-refractivity contribution is 6.01. The number of esters is 1. The van der Waals surface area contributed by atoms with Crippen LogP contribution in [0.5, 0.6) is 0 Å². The Morgan fingerprint density at radius 1 is 1.29 bits per heavy atom. The molecule has 0 unspecified atom stereocenters. The molecule has 2 N–H and O–H groups in total. The number of alkyl halides is 1. The third-order valence-corrected chi connectivity index (χ3v) is 9.04. The Balaban J connectivity index is 1.86. The van der Waals surface area contributed by atoms with E-state index in [4.69, 9.17) is 4.74 Å². The van der Waals surface area contributed by atoms with Crippen LogP contribution in [0.3, 0.4) is 0 Å². The molecular weight excluding hydrogens is 403 g/mol. The molecule has 0 amide bonds. The smallest absolute Gasteiger partial charge is 0.303 e. The Labute approximate surface area is 181 Å². The minimum atomic E-state index is -2.02. The quantitative estimate of drug-likeness (QED) is 0.662. The molecule has 6 nitrogen and oxygen atoms in total. The van der Waals surface area contributed by atoms with Crippen LogP contribution in [0.25, 0.3) is 0 Å². The lowest BCUT2D eigenvalue weighted by atomic mass is 9.44. The van der Waals surface area contributed by atoms with Gasteiger partial charge in [0, 0.05) is 29.6 Å². The van der Waals surface area contributed by atoms with Crippen LogP contribution < -0.4 is 0 Å². The first kappa shape index (κ1) is 22.3. The number of rotatable bonds is 3. The first-order valence-corrected chi connectivity index (χ1v) is 11.0. The van der Waals surface area contributed by atoms with Crippen molar-refractivity contribution in [1.82, 2.24) is 0 Å². The predicted octanol–water partition coefficient (Wildman–Crippen LogP) is 2.47. The van der Waals surface area contributed by atoms with E-state index in [0.29, 0.717) is 24.8 Å². The fraction of sp³-hybridized carbons (Fsp3) is 0.708. The molecule has 0 bridgehead atoms. The maximum Gasteiger partial charge on any atom is 0.303 e. The van der Waals surface area contributed by atoms with Crippen LogP contribution in [-0.2, 0) is 19.1 Å². The van der Waals surface area contributed by atoms with Crippen LogP contribution in [-0.4, -0.2) is 51.7 Å². The molecular formula is C24H31FO6. The summed E-state index contributed by atoms with van der Waals surface area (Å²) in [6.07, 6.45) is 4.29. The summed E-state index contributed by atoms with van der Waals surface area (Å²) in [4.78, 5) is 37.0. The minimum Gasteiger partial charge on any atom is -0.450 e. The number of allylic oxidation sites excluding steroid dienone is 4. The van der Waals surface area contributed by atoms with Crippen molar-refractivity contribution in [1.29, 1.82) is 0 Å². The van der Waals surface area contributed by atoms with Crippen LogP contribution >= 0.6 is 0 Å². The van der Waals surface area contributed by atoms with E-state index in [2.05, 4.69) is 0 Å². The Morgan fingerprint density at radius 2 is 1.97 bits per heavy atom. The first-order chi connectivity index (χ1) is 14.4. The molecule has 0 radical (unpaired) electrons. The Hall–Kier alpha value is -1.86. The number of carbonyl (C=O) groups is 3. The molecule has 3 saturated carbocycles. The van der Waals surface area contributed by atoms with Gasteiger partial charge in [0.25, 0.3) is 0 Å². The molecule has 0 saturated heterocycles. The number of aliphatic hydroxyl groups is 2. The van der Waals surface area contributed by atoms with Gasteiger partial charge < -0.3 is 14.9 Å². The van der Waals surface area contributed by atoms with E-state index in [1.807, 2.05) is 0 Å². The Bertz CT molecular complexity index is 910. The van der Waals surface area contributed by atoms with Gasteiger partial charge in [0.2, 0.25) is 5.78 Å². The van der Waals surface area contributed by atoms with Crippen LogP contribution in [0.1, 0.15) is 53.4 Å². The molecule has 0 spiro atoms. The first-order valence-electron chi connectivity index (χ1n) is 11.0. The molecule has 0 aliphatic heterocycles. The number of fused-ring (bicyclic) bond motifs is 5. The fourth-order valence-electron chi connectivity index (χ4n) is 7.74. The van der Waals surface area contributed by atoms with Crippen molar-refractivity contribution >= 4 is 17.5 Å². The van der Waals surface area contributed by atoms with E-state index in [-0.39, 0.29) is 18.1 Å². The topological polar surface area (TPSA) is 101 Å². The average molecular weight is 435 g/mol. The lowest BCUT2D eigenvalue weighted by molar-refractivity contribution is -0.227. The number of halogens is 1. The molecule has 8 atom stereocenters. The molecule has 7 heteroatoms. The molecule has 170 valence electrons. The number of hydrogen-bond acceptors (Lipinski definition) is 6. The van der Waals surface area contributed by atoms with Gasteiger partial charge in [-0.1, -0.05) is 25.5 Å². The summed E-state index contributed by atoms with van der Waals surface area (Å²) < 4.78 is 22.8. The van der Waals surface area contributed by atoms with Gasteiger partial charge in [-0.15, -0.1) is 0 Å². The van der Waals surface area contributed by atoms with Crippen LogP contribution in [0.2, 0.25) is 0 Å². The van der Waals surface area contributed by atoms with E-state index < -0.39 is 58.4 Å². The number of aliphatic hydroxyl groups excluding tert-OH is 2. The highest BCUT2D eigenvalue weighted by Gasteiger charge is 2.77. The molecule has 4 aliphatic rings. The molecule has 31 heavy (non-hydrogen) atoms. The zero-order chi connectivity index (χ0) is 23.0. The monoisotopic (exact) mass is 434 g/mol. The summed E-state index contributed by atoms with van der Waals surface area (Å²) in [5.74, 6) is -2.79. The van der Waals surface area contributed by atoms with E-state index in [1.54, 1.807) is 26.8 Å². The highest BCUT2D eigenvalue weighted by atomic mass is 19.1. The predicted molar refractivity (Wildman–Crippen MR) is 109 cm³/mol. The Kier molecular flexibility index (Phi) is 4.91. The molecule has 3 fully saturated rings. The summed E-state index contributed by atoms with van der Waals surface area (Å²) in [6, 6.07) is 0. The van der Waals surface area contributed by atoms with Gasteiger partial charge in [0.05, 0.1) is 6.10 Å². The molecule has 4 rings (SSSR count). The lowest BCUT2D eigenvalue weighted by Gasteiger charge is -2.62. The minimum absolute atomic E-state index is 0.0846. The standard InChI is InChI=1S/C24H31FO6/c1-13-9-18-17-6-5-15-10-16(28)7-8-21(15,3)23(17,25)19(29)11-22(18,4)24(13,20(30)12-26)31-14(2)27/h7-8,10,13,17-19,26,29H,5-6,9,11-12H2,1-4H3/t13-,17+,18+,19-,21+,22+,23+,24+/m1/s1. The second-order valence-corrected chi connectivity index (χ2v) is 10.3. The summed E-state index contributed by atoms with van der Waals surface area (Å²) >= 11 is 0. The van der Waals surface area contributed by atoms with Crippen molar-refractivity contribution < 1.29 is 33.7 Å². The van der Waals surface area contributed by atoms with Crippen molar-refractivity contribution in [3.8, 4) is 0 Å². The number of carbonyl (C=O) groups excluding carboxylic acids is 3. The number of hydrogen-bond donors (Lipinski definition) is 2. The third kappa shape index (κ3) is 2.53. The van der Waals surface area contributed by atoms with E-state index in [9.17, 15) is 24.6 Å². The normalized spacial score (nSPS) is 48.4. The van der Waals surface area contributed by atoms with E-state index in [0.717, 1.165) is 0 Å². The van der Waals surface area contributed by atoms with Crippen molar-refractivity contribution in [2.45, 2.75) is 70.8 Å². The van der Waals surface area contributed by atoms with Gasteiger partial charge in [0.1, 0.15) is 6.61 Å². The summed E-state index contributed by atoms with van der Waals surface area (Å²) in [5.41, 5.74) is -5.10. The fourth-order valence-corrected chi connectivity index (χ4v) is 7.74. The van der Waals surface area contributed by atoms with E-state index >= 15 is 4.39 Å². The zero-order valence-corrected chi connectivity index (χ0v) is 18.5. The summed E-state index contributed by atoms with van der Waals surface area (Å²) in [6.45, 7) is 5.74. The SMILES string of the molecule is CC(=O)O[C@]1(C(=O)CO)[C@H](C)C[C@H]2[C@@H]3CCC4=CC(=O)C=C[C@]4(C)[C@@]3(F)[C@H](O)C[C@@]21C. The maximum absolute atomic E-state index is 17.1. The average Bonchev–Trinajstić information content (AvgIpc) is 2.90. The second kappa shape index (κ2) is 6.82. The third-order valence-electron chi connectivity index (χ3n) is 9.04. The molecule has 0 heterocycles. The number of ketones is 2. The second-order valence-electron chi connectivity index (χ2n) is 10.3. The summed E-state index contributed by atoms with van der Waals surface area (Å²) in [5, 5.41) is 21.1. The van der Waals surface area contributed by atoms with Crippen LogP contribution in [0.4, 0.5) is 4.39 Å². The van der Waals surface area contributed by atoms with Crippen molar-refractivity contribution in [2.24, 2.45) is 28.6 Å². The lowest BCUT2D eigenvalue weighted by Crippen LogP contribution is -2.70. The molecule has 0 aromatic rings. The van der Waals surface area contributed by atoms with Crippen molar-refractivity contribution in [3.05, 3.63) is 23.8 Å². The zero-order valence-electron chi connectivity index (χ0n) is 18.5. The highest BCUT2D eigenvalue weighted by Crippen LogP contribution is 2.71. The number of Topliss-reactive ketones (excluding diaryl/α,β-unsaturated/α-hetero) is 1. The van der Waals surface area contributed by atoms with E-state index in [1.165, 1.54) is 19.1 Å². The molecule has 4 aliphatic carbocycles. The van der Waals surface area contributed by atoms with Crippen molar-refractivity contribution in [3.63, 3.8) is 0 Å². The summed E-state index contributed by atoms with van der Waals surface area (Å²) in [7, 11) is 0. The molecule has 0 aromatic carbocycles. The molecule has 0 aromatic heterocycles. The van der Waals surface area contributed by atoms with Gasteiger partial charge >= 0.3 is 5.97 Å². The Morgan fingerprint density at radius 3 is 2.58 bits per heavy atom. The van der Waals surface area contributed by atoms with Gasteiger partial charge in [0.15, 0.2) is 17.1 Å². The largest absolute Gasteiger partial charge is 0.450 e. The van der Waals surface area contributed by atoms with Crippen LogP contribution in [0, 0.1) is 28.6 Å². The van der Waals surface area contributed by atoms with Crippen LogP contribution in [0.15, 0.2) is 23.8 Å². The van der Waals surface area contributed by atoms with Gasteiger partial charge in [-0.2, -0.15) is 0 Å². The van der Waals surface area contributed by atoms with Gasteiger partial charge in [-0.25, -0.2) is 4.39 Å². The van der Waals surface area contributed by atoms with Gasteiger partial charge in [-0.3, -0.25) is 14.4 Å². The van der Waals surface area contributed by atoms with Crippen molar-refractivity contribution in [2.75, 3.05) is 6.61 Å². The van der Waals surface area contributed by atoms with Gasteiger partial charge in [-0.05, 0) is 50.7 Å². The maximum atomic E-state index is 17.1.